The van der Waals surface area contributed by atoms with Crippen LogP contribution in [-0.2, 0) is 4.74 Å². The van der Waals surface area contributed by atoms with Gasteiger partial charge in [0.05, 0.1) is 6.61 Å². The van der Waals surface area contributed by atoms with E-state index in [1.807, 2.05) is 0 Å². The molecule has 1 aliphatic rings. The fraction of sp³-hybridized carbons (Fsp3) is 0.455. The monoisotopic (exact) mass is 323 g/mol. The number of ether oxygens (including phenoxy) is 1. The summed E-state index contributed by atoms with van der Waals surface area (Å²) in [6, 6.07) is 21.6. The van der Waals surface area contributed by atoms with E-state index in [1.54, 1.807) is 0 Å². The van der Waals surface area contributed by atoms with E-state index in [4.69, 9.17) is 4.74 Å². The van der Waals surface area contributed by atoms with E-state index in [-0.39, 0.29) is 0 Å². The van der Waals surface area contributed by atoms with Gasteiger partial charge < -0.3 is 9.64 Å². The molecule has 0 saturated carbocycles. The van der Waals surface area contributed by atoms with Gasteiger partial charge in [0.15, 0.2) is 0 Å². The number of hydrogen-bond acceptors (Lipinski definition) is 2. The van der Waals surface area contributed by atoms with Gasteiger partial charge in [0.1, 0.15) is 0 Å². The Morgan fingerprint density at radius 1 is 0.750 bits per heavy atom. The first-order valence-corrected chi connectivity index (χ1v) is 9.33. The van der Waals surface area contributed by atoms with E-state index in [2.05, 4.69) is 65.6 Å². The van der Waals surface area contributed by atoms with Crippen molar-refractivity contribution in [3.8, 4) is 0 Å². The van der Waals surface area contributed by atoms with Crippen molar-refractivity contribution in [1.29, 1.82) is 0 Å². The Hall–Kier alpha value is -1.64. The quantitative estimate of drug-likeness (QED) is 0.652. The topological polar surface area (TPSA) is 12.5 Å². The predicted octanol–water partition coefficient (Wildman–Crippen LogP) is 4.71. The molecule has 0 unspecified atom stereocenters. The second-order valence-electron chi connectivity index (χ2n) is 6.68. The third-order valence-electron chi connectivity index (χ3n) is 4.96. The van der Waals surface area contributed by atoms with E-state index in [1.165, 1.54) is 43.5 Å². The molecule has 2 aromatic rings. The lowest BCUT2D eigenvalue weighted by molar-refractivity contribution is 0.0933. The second-order valence-corrected chi connectivity index (χ2v) is 6.68. The van der Waals surface area contributed by atoms with Gasteiger partial charge in [-0.3, -0.25) is 0 Å². The van der Waals surface area contributed by atoms with Crippen LogP contribution in [0.3, 0.4) is 0 Å². The highest BCUT2D eigenvalue weighted by Crippen LogP contribution is 2.27. The lowest BCUT2D eigenvalue weighted by Crippen LogP contribution is -2.32. The van der Waals surface area contributed by atoms with E-state index < -0.39 is 0 Å². The van der Waals surface area contributed by atoms with Crippen LogP contribution in [0.25, 0.3) is 0 Å². The molecule has 0 atom stereocenters. The third-order valence-corrected chi connectivity index (χ3v) is 4.96. The maximum atomic E-state index is 5.97. The van der Waals surface area contributed by atoms with Gasteiger partial charge in [-0.15, -0.1) is 0 Å². The molecule has 0 amide bonds. The predicted molar refractivity (Wildman–Crippen MR) is 100 cm³/mol. The fourth-order valence-electron chi connectivity index (χ4n) is 3.58. The molecule has 1 aliphatic heterocycles. The van der Waals surface area contributed by atoms with Gasteiger partial charge in [0, 0.05) is 19.1 Å². The molecule has 0 aliphatic carbocycles. The Balaban J connectivity index is 1.49. The molecule has 1 heterocycles. The molecule has 2 nitrogen and oxygen atoms in total. The van der Waals surface area contributed by atoms with E-state index in [0.29, 0.717) is 5.92 Å². The van der Waals surface area contributed by atoms with Crippen LogP contribution in [0, 0.1) is 0 Å². The van der Waals surface area contributed by atoms with Crippen LogP contribution >= 0.6 is 0 Å². The second kappa shape index (κ2) is 9.61. The van der Waals surface area contributed by atoms with Crippen molar-refractivity contribution in [1.82, 2.24) is 4.90 Å². The number of likely N-dealkylation sites (tertiary alicyclic amines) is 1. The lowest BCUT2D eigenvalue weighted by atomic mass is 9.89. The summed E-state index contributed by atoms with van der Waals surface area (Å²) >= 11 is 0. The zero-order valence-electron chi connectivity index (χ0n) is 14.6. The first-order valence-electron chi connectivity index (χ1n) is 9.33. The summed E-state index contributed by atoms with van der Waals surface area (Å²) in [5.41, 5.74) is 2.76. The highest BCUT2D eigenvalue weighted by Gasteiger charge is 2.14. The van der Waals surface area contributed by atoms with Gasteiger partial charge in [0.2, 0.25) is 0 Å². The van der Waals surface area contributed by atoms with Gasteiger partial charge >= 0.3 is 0 Å². The molecule has 24 heavy (non-hydrogen) atoms. The van der Waals surface area contributed by atoms with Crippen molar-refractivity contribution in [3.63, 3.8) is 0 Å². The zero-order chi connectivity index (χ0) is 16.5. The molecule has 2 heteroatoms. The summed E-state index contributed by atoms with van der Waals surface area (Å²) in [5.74, 6) is 0.419. The minimum Gasteiger partial charge on any atom is -0.380 e. The van der Waals surface area contributed by atoms with Crippen LogP contribution in [0.1, 0.15) is 42.7 Å². The molecule has 0 spiro atoms. The van der Waals surface area contributed by atoms with Crippen LogP contribution < -0.4 is 0 Å². The Kier molecular flexibility index (Phi) is 6.88. The number of rotatable bonds is 8. The SMILES string of the molecule is c1ccc(C(CCOCCN2CCCCC2)c2ccccc2)cc1. The lowest BCUT2D eigenvalue weighted by Gasteiger charge is -2.26. The molecule has 128 valence electrons. The number of benzene rings is 2. The smallest absolute Gasteiger partial charge is 0.0593 e. The Morgan fingerprint density at radius 2 is 1.33 bits per heavy atom. The third kappa shape index (κ3) is 5.19. The highest BCUT2D eigenvalue weighted by atomic mass is 16.5. The first-order chi connectivity index (χ1) is 11.9. The maximum absolute atomic E-state index is 5.97. The molecule has 1 saturated heterocycles. The van der Waals surface area contributed by atoms with Crippen molar-refractivity contribution < 1.29 is 4.74 Å². The van der Waals surface area contributed by atoms with Crippen molar-refractivity contribution in [3.05, 3.63) is 71.8 Å². The highest BCUT2D eigenvalue weighted by molar-refractivity contribution is 5.32. The standard InChI is InChI=1S/C22H29NO/c1-4-10-20(11-5-1)22(21-12-6-2-7-13-21)14-18-24-19-17-23-15-8-3-9-16-23/h1-2,4-7,10-13,22H,3,8-9,14-19H2. The van der Waals surface area contributed by atoms with Crippen molar-refractivity contribution >= 4 is 0 Å². The van der Waals surface area contributed by atoms with Gasteiger partial charge in [0.25, 0.3) is 0 Å². The summed E-state index contributed by atoms with van der Waals surface area (Å²) < 4.78 is 5.97. The van der Waals surface area contributed by atoms with Crippen LogP contribution in [-0.4, -0.2) is 37.7 Å². The largest absolute Gasteiger partial charge is 0.380 e. The maximum Gasteiger partial charge on any atom is 0.0593 e. The summed E-state index contributed by atoms with van der Waals surface area (Å²) in [6.07, 6.45) is 5.13. The van der Waals surface area contributed by atoms with E-state index in [0.717, 1.165) is 26.2 Å². The average molecular weight is 323 g/mol. The average Bonchev–Trinajstić information content (AvgIpc) is 2.67. The Morgan fingerprint density at radius 3 is 1.92 bits per heavy atom. The van der Waals surface area contributed by atoms with Crippen LogP contribution in [0.2, 0.25) is 0 Å². The molecule has 3 rings (SSSR count). The van der Waals surface area contributed by atoms with Crippen LogP contribution in [0.5, 0.6) is 0 Å². The Bertz CT molecular complexity index is 524. The minimum atomic E-state index is 0.419. The van der Waals surface area contributed by atoms with Gasteiger partial charge in [-0.05, 0) is 43.5 Å². The summed E-state index contributed by atoms with van der Waals surface area (Å²) in [6.45, 7) is 5.26. The number of hydrogen-bond donors (Lipinski definition) is 0. The van der Waals surface area contributed by atoms with Gasteiger partial charge in [-0.2, -0.15) is 0 Å². The van der Waals surface area contributed by atoms with Crippen LogP contribution in [0.15, 0.2) is 60.7 Å². The molecule has 2 aromatic carbocycles. The molecular formula is C22H29NO. The van der Waals surface area contributed by atoms with Crippen molar-refractivity contribution in [2.24, 2.45) is 0 Å². The first kappa shape index (κ1) is 17.2. The molecule has 1 fully saturated rings. The normalized spacial score (nSPS) is 15.7. The van der Waals surface area contributed by atoms with E-state index >= 15 is 0 Å². The van der Waals surface area contributed by atoms with Crippen molar-refractivity contribution in [2.75, 3.05) is 32.8 Å². The molecule has 0 N–H and O–H groups in total. The van der Waals surface area contributed by atoms with Crippen molar-refractivity contribution in [2.45, 2.75) is 31.6 Å². The minimum absolute atomic E-state index is 0.419. The van der Waals surface area contributed by atoms with Gasteiger partial charge in [-0.25, -0.2) is 0 Å². The Labute approximate surface area is 146 Å². The zero-order valence-corrected chi connectivity index (χ0v) is 14.6. The number of piperidine rings is 1. The fourth-order valence-corrected chi connectivity index (χ4v) is 3.58. The molecule has 0 radical (unpaired) electrons. The number of nitrogens with zero attached hydrogens (tertiary/aromatic N) is 1. The summed E-state index contributed by atoms with van der Waals surface area (Å²) in [4.78, 5) is 2.54. The molecule has 0 aromatic heterocycles. The van der Waals surface area contributed by atoms with E-state index in [9.17, 15) is 0 Å². The van der Waals surface area contributed by atoms with Gasteiger partial charge in [-0.1, -0.05) is 67.1 Å². The molecule has 0 bridgehead atoms. The molecular weight excluding hydrogens is 294 g/mol. The summed E-state index contributed by atoms with van der Waals surface area (Å²) in [5, 5.41) is 0. The summed E-state index contributed by atoms with van der Waals surface area (Å²) in [7, 11) is 0. The van der Waals surface area contributed by atoms with Crippen LogP contribution in [0.4, 0.5) is 0 Å².